The fourth-order valence-corrected chi connectivity index (χ4v) is 2.84. The smallest absolute Gasteiger partial charge is 0.0698 e. The van der Waals surface area contributed by atoms with Crippen molar-refractivity contribution in [3.05, 3.63) is 0 Å². The Kier molecular flexibility index (Phi) is 3.13. The topological polar surface area (TPSA) is 32.3 Å². The highest BCUT2D eigenvalue weighted by atomic mass is 16.3. The van der Waals surface area contributed by atoms with Crippen LogP contribution in [0.3, 0.4) is 0 Å². The molecule has 1 saturated heterocycles. The molecule has 14 heavy (non-hydrogen) atoms. The summed E-state index contributed by atoms with van der Waals surface area (Å²) in [6.45, 7) is 3.42. The molecule has 0 aromatic carbocycles. The van der Waals surface area contributed by atoms with Gasteiger partial charge < -0.3 is 10.4 Å². The first-order valence-corrected chi connectivity index (χ1v) is 6.11. The second kappa shape index (κ2) is 4.19. The summed E-state index contributed by atoms with van der Waals surface area (Å²) in [7, 11) is 0. The molecule has 1 aliphatic carbocycles. The molecule has 2 nitrogen and oxygen atoms in total. The van der Waals surface area contributed by atoms with Gasteiger partial charge in [0.25, 0.3) is 0 Å². The Hall–Kier alpha value is -0.0800. The van der Waals surface area contributed by atoms with Crippen molar-refractivity contribution in [1.82, 2.24) is 5.32 Å². The number of piperidine rings is 1. The highest BCUT2D eigenvalue weighted by Crippen LogP contribution is 2.44. The van der Waals surface area contributed by atoms with Gasteiger partial charge in [0, 0.05) is 6.04 Å². The molecule has 2 N–H and O–H groups in total. The van der Waals surface area contributed by atoms with Crippen molar-refractivity contribution < 1.29 is 5.11 Å². The third-order valence-corrected chi connectivity index (χ3v) is 4.08. The average molecular weight is 197 g/mol. The first kappa shape index (κ1) is 10.4. The highest BCUT2D eigenvalue weighted by Gasteiger charge is 2.36. The van der Waals surface area contributed by atoms with E-state index in [9.17, 15) is 5.11 Å². The molecule has 2 heteroatoms. The predicted molar refractivity (Wildman–Crippen MR) is 58.2 cm³/mol. The SMILES string of the molecule is CC1(CC(O)C2CCCCN2)CCC1. The van der Waals surface area contributed by atoms with Crippen LogP contribution in [0.2, 0.25) is 0 Å². The number of nitrogens with one attached hydrogen (secondary N) is 1. The Morgan fingerprint density at radius 1 is 1.36 bits per heavy atom. The van der Waals surface area contributed by atoms with Gasteiger partial charge in [0.05, 0.1) is 6.10 Å². The summed E-state index contributed by atoms with van der Waals surface area (Å²) < 4.78 is 0. The number of hydrogen-bond donors (Lipinski definition) is 2. The normalized spacial score (nSPS) is 33.4. The van der Waals surface area contributed by atoms with Crippen molar-refractivity contribution in [2.75, 3.05) is 6.54 Å². The summed E-state index contributed by atoms with van der Waals surface area (Å²) in [4.78, 5) is 0. The minimum atomic E-state index is -0.111. The Labute approximate surface area is 87.1 Å². The molecule has 2 fully saturated rings. The lowest BCUT2D eigenvalue weighted by Gasteiger charge is -2.42. The summed E-state index contributed by atoms with van der Waals surface area (Å²) in [6, 6.07) is 0.376. The van der Waals surface area contributed by atoms with Crippen molar-refractivity contribution in [3.8, 4) is 0 Å². The van der Waals surface area contributed by atoms with Crippen molar-refractivity contribution in [2.45, 2.75) is 64.0 Å². The molecule has 2 atom stereocenters. The lowest BCUT2D eigenvalue weighted by molar-refractivity contribution is 0.0274. The van der Waals surface area contributed by atoms with E-state index in [0.29, 0.717) is 11.5 Å². The molecule has 0 amide bonds. The Morgan fingerprint density at radius 2 is 2.14 bits per heavy atom. The van der Waals surface area contributed by atoms with Crippen LogP contribution in [0.5, 0.6) is 0 Å². The molecule has 1 heterocycles. The molecule has 0 spiro atoms. The first-order valence-electron chi connectivity index (χ1n) is 6.11. The summed E-state index contributed by atoms with van der Waals surface area (Å²) in [5.41, 5.74) is 0.457. The van der Waals surface area contributed by atoms with Crippen LogP contribution in [0.25, 0.3) is 0 Å². The van der Waals surface area contributed by atoms with Crippen LogP contribution in [0.4, 0.5) is 0 Å². The Balaban J connectivity index is 1.78. The maximum absolute atomic E-state index is 10.1. The van der Waals surface area contributed by atoms with Gasteiger partial charge in [0.1, 0.15) is 0 Å². The summed E-state index contributed by atoms with van der Waals surface area (Å²) in [6.07, 6.45) is 8.61. The molecule has 0 bridgehead atoms. The van der Waals surface area contributed by atoms with Crippen LogP contribution in [-0.4, -0.2) is 23.8 Å². The third kappa shape index (κ3) is 2.29. The molecule has 0 radical (unpaired) electrons. The maximum atomic E-state index is 10.1. The van der Waals surface area contributed by atoms with Crippen LogP contribution in [0.1, 0.15) is 51.9 Å². The van der Waals surface area contributed by atoms with Crippen molar-refractivity contribution in [2.24, 2.45) is 5.41 Å². The van der Waals surface area contributed by atoms with Crippen molar-refractivity contribution in [1.29, 1.82) is 0 Å². The summed E-state index contributed by atoms with van der Waals surface area (Å²) in [5, 5.41) is 13.6. The van der Waals surface area contributed by atoms with E-state index in [-0.39, 0.29) is 6.10 Å². The second-order valence-corrected chi connectivity index (χ2v) is 5.49. The van der Waals surface area contributed by atoms with E-state index in [1.54, 1.807) is 0 Å². The van der Waals surface area contributed by atoms with Gasteiger partial charge in [-0.3, -0.25) is 0 Å². The minimum absolute atomic E-state index is 0.111. The lowest BCUT2D eigenvalue weighted by atomic mass is 9.66. The third-order valence-electron chi connectivity index (χ3n) is 4.08. The lowest BCUT2D eigenvalue weighted by Crippen LogP contribution is -2.46. The number of rotatable bonds is 3. The van der Waals surface area contributed by atoms with E-state index < -0.39 is 0 Å². The van der Waals surface area contributed by atoms with Gasteiger partial charge in [-0.05, 0) is 44.1 Å². The average Bonchev–Trinajstić information content (AvgIpc) is 2.17. The fourth-order valence-electron chi connectivity index (χ4n) is 2.84. The van der Waals surface area contributed by atoms with Gasteiger partial charge in [0.15, 0.2) is 0 Å². The Morgan fingerprint density at radius 3 is 2.64 bits per heavy atom. The number of aliphatic hydroxyl groups excluding tert-OH is 1. The largest absolute Gasteiger partial charge is 0.391 e. The molecule has 2 unspecified atom stereocenters. The molecular formula is C12H23NO. The van der Waals surface area contributed by atoms with Gasteiger partial charge in [-0.15, -0.1) is 0 Å². The molecule has 82 valence electrons. The maximum Gasteiger partial charge on any atom is 0.0698 e. The molecule has 0 aromatic rings. The van der Waals surface area contributed by atoms with Crippen molar-refractivity contribution in [3.63, 3.8) is 0 Å². The van der Waals surface area contributed by atoms with Crippen molar-refractivity contribution >= 4 is 0 Å². The second-order valence-electron chi connectivity index (χ2n) is 5.49. The van der Waals surface area contributed by atoms with Crippen LogP contribution in [0, 0.1) is 5.41 Å². The zero-order valence-corrected chi connectivity index (χ0v) is 9.26. The predicted octanol–water partition coefficient (Wildman–Crippen LogP) is 2.07. The molecule has 2 aliphatic rings. The molecular weight excluding hydrogens is 174 g/mol. The monoisotopic (exact) mass is 197 g/mol. The van der Waals surface area contributed by atoms with Gasteiger partial charge in [-0.1, -0.05) is 19.8 Å². The van der Waals surface area contributed by atoms with Gasteiger partial charge in [0.2, 0.25) is 0 Å². The van der Waals surface area contributed by atoms with Crippen LogP contribution in [0.15, 0.2) is 0 Å². The van der Waals surface area contributed by atoms with E-state index in [1.165, 1.54) is 32.1 Å². The van der Waals surface area contributed by atoms with E-state index >= 15 is 0 Å². The quantitative estimate of drug-likeness (QED) is 0.726. The van der Waals surface area contributed by atoms with Gasteiger partial charge >= 0.3 is 0 Å². The zero-order valence-electron chi connectivity index (χ0n) is 9.26. The molecule has 2 rings (SSSR count). The number of hydrogen-bond acceptors (Lipinski definition) is 2. The zero-order chi connectivity index (χ0) is 10.0. The van der Waals surface area contributed by atoms with Crippen LogP contribution >= 0.6 is 0 Å². The van der Waals surface area contributed by atoms with Crippen LogP contribution in [-0.2, 0) is 0 Å². The first-order chi connectivity index (χ1) is 6.70. The number of aliphatic hydroxyl groups is 1. The highest BCUT2D eigenvalue weighted by molar-refractivity contribution is 4.89. The van der Waals surface area contributed by atoms with E-state index in [2.05, 4.69) is 12.2 Å². The van der Waals surface area contributed by atoms with Gasteiger partial charge in [-0.25, -0.2) is 0 Å². The standard InChI is InChI=1S/C12H23NO/c1-12(6-4-7-12)9-11(14)10-5-2-3-8-13-10/h10-11,13-14H,2-9H2,1H3. The molecule has 1 aliphatic heterocycles. The van der Waals surface area contributed by atoms with E-state index in [0.717, 1.165) is 19.4 Å². The van der Waals surface area contributed by atoms with E-state index in [1.807, 2.05) is 0 Å². The fraction of sp³-hybridized carbons (Fsp3) is 1.00. The van der Waals surface area contributed by atoms with E-state index in [4.69, 9.17) is 0 Å². The Bertz CT molecular complexity index is 183. The minimum Gasteiger partial charge on any atom is -0.391 e. The summed E-state index contributed by atoms with van der Waals surface area (Å²) >= 11 is 0. The van der Waals surface area contributed by atoms with Gasteiger partial charge in [-0.2, -0.15) is 0 Å². The summed E-state index contributed by atoms with van der Waals surface area (Å²) in [5.74, 6) is 0. The molecule has 1 saturated carbocycles. The van der Waals surface area contributed by atoms with Crippen LogP contribution < -0.4 is 5.32 Å². The molecule has 0 aromatic heterocycles.